The van der Waals surface area contributed by atoms with Gasteiger partial charge in [-0.1, -0.05) is 11.6 Å². The Morgan fingerprint density at radius 3 is 2.89 bits per heavy atom. The van der Waals surface area contributed by atoms with Crippen molar-refractivity contribution in [2.45, 2.75) is 20.3 Å². The lowest BCUT2D eigenvalue weighted by Gasteiger charge is -2.19. The second-order valence-electron chi connectivity index (χ2n) is 4.87. The molecule has 0 spiro atoms. The first-order valence-corrected chi connectivity index (χ1v) is 7.75. The molecule has 1 aliphatic heterocycles. The number of aromatic nitrogens is 2. The van der Waals surface area contributed by atoms with Gasteiger partial charge in [-0.2, -0.15) is 0 Å². The molecule has 19 heavy (non-hydrogen) atoms. The minimum atomic E-state index is 0.582. The Hall–Kier alpha value is -0.910. The first-order valence-electron chi connectivity index (χ1n) is 6.55. The second-order valence-corrected chi connectivity index (χ2v) is 6.43. The summed E-state index contributed by atoms with van der Waals surface area (Å²) in [4.78, 5) is 13.7. The molecule has 0 radical (unpaired) electrons. The van der Waals surface area contributed by atoms with E-state index in [4.69, 9.17) is 16.6 Å². The fraction of sp³-hybridized carbons (Fsp3) is 0.538. The lowest BCUT2D eigenvalue weighted by atomic mass is 10.2. The molecule has 1 saturated heterocycles. The molecule has 6 heteroatoms. The number of hydrogen-bond acceptors (Lipinski definition) is 5. The van der Waals surface area contributed by atoms with Gasteiger partial charge in [-0.3, -0.25) is 0 Å². The van der Waals surface area contributed by atoms with Crippen molar-refractivity contribution in [3.8, 4) is 0 Å². The van der Waals surface area contributed by atoms with Crippen molar-refractivity contribution in [1.82, 2.24) is 15.3 Å². The number of thiophene rings is 1. The molecule has 1 fully saturated rings. The standard InChI is InChI=1S/C13H17ClN4S/c1-8-9(2)19-12-10(8)11(14)16-13(17-12)18-6-3-4-15-5-7-18/h15H,3-7H2,1-2H3. The molecule has 0 aromatic carbocycles. The van der Waals surface area contributed by atoms with Crippen LogP contribution in [-0.4, -0.2) is 36.1 Å². The van der Waals surface area contributed by atoms with Crippen LogP contribution in [0.1, 0.15) is 16.9 Å². The van der Waals surface area contributed by atoms with Gasteiger partial charge in [-0.05, 0) is 32.4 Å². The van der Waals surface area contributed by atoms with E-state index in [-0.39, 0.29) is 0 Å². The molecule has 1 aliphatic rings. The summed E-state index contributed by atoms with van der Waals surface area (Å²) < 4.78 is 0. The number of nitrogens with one attached hydrogen (secondary N) is 1. The maximum Gasteiger partial charge on any atom is 0.228 e. The van der Waals surface area contributed by atoms with Crippen LogP contribution in [0.15, 0.2) is 0 Å². The van der Waals surface area contributed by atoms with E-state index in [0.717, 1.165) is 48.8 Å². The molecule has 0 saturated carbocycles. The van der Waals surface area contributed by atoms with E-state index in [1.807, 2.05) is 0 Å². The molecule has 2 aromatic heterocycles. The molecule has 3 rings (SSSR count). The number of fused-ring (bicyclic) bond motifs is 1. The fourth-order valence-corrected chi connectivity index (χ4v) is 3.76. The van der Waals surface area contributed by atoms with Gasteiger partial charge in [-0.15, -0.1) is 11.3 Å². The molecular weight excluding hydrogens is 280 g/mol. The van der Waals surface area contributed by atoms with Crippen molar-refractivity contribution in [2.24, 2.45) is 0 Å². The Morgan fingerprint density at radius 1 is 1.21 bits per heavy atom. The number of rotatable bonds is 1. The zero-order valence-electron chi connectivity index (χ0n) is 11.2. The van der Waals surface area contributed by atoms with Crippen molar-refractivity contribution < 1.29 is 0 Å². The van der Waals surface area contributed by atoms with Crippen LogP contribution in [0.3, 0.4) is 0 Å². The highest BCUT2D eigenvalue weighted by Crippen LogP contribution is 2.34. The van der Waals surface area contributed by atoms with E-state index in [2.05, 4.69) is 29.0 Å². The van der Waals surface area contributed by atoms with Gasteiger partial charge in [0.25, 0.3) is 0 Å². The normalized spacial score (nSPS) is 16.9. The third-order valence-corrected chi connectivity index (χ3v) is 4.97. The topological polar surface area (TPSA) is 41.1 Å². The number of halogens is 1. The number of aryl methyl sites for hydroxylation is 2. The van der Waals surface area contributed by atoms with Gasteiger partial charge >= 0.3 is 0 Å². The number of anilines is 1. The predicted octanol–water partition coefficient (Wildman–Crippen LogP) is 2.76. The molecule has 0 bridgehead atoms. The molecule has 0 aliphatic carbocycles. The smallest absolute Gasteiger partial charge is 0.228 e. The number of hydrogen-bond donors (Lipinski definition) is 1. The van der Waals surface area contributed by atoms with Gasteiger partial charge in [0.15, 0.2) is 0 Å². The molecule has 0 atom stereocenters. The Bertz CT molecular complexity index is 602. The summed E-state index contributed by atoms with van der Waals surface area (Å²) in [6, 6.07) is 0. The van der Waals surface area contributed by atoms with Crippen molar-refractivity contribution >= 4 is 39.1 Å². The first kappa shape index (κ1) is 13.1. The van der Waals surface area contributed by atoms with Gasteiger partial charge < -0.3 is 10.2 Å². The van der Waals surface area contributed by atoms with Gasteiger partial charge in [0, 0.05) is 24.5 Å². The Balaban J connectivity index is 2.05. The van der Waals surface area contributed by atoms with Gasteiger partial charge in [-0.25, -0.2) is 9.97 Å². The lowest BCUT2D eigenvalue weighted by molar-refractivity contribution is 0.724. The second kappa shape index (κ2) is 5.23. The summed E-state index contributed by atoms with van der Waals surface area (Å²) in [5.41, 5.74) is 1.20. The van der Waals surface area contributed by atoms with E-state index in [1.54, 1.807) is 11.3 Å². The van der Waals surface area contributed by atoms with E-state index in [9.17, 15) is 0 Å². The highest BCUT2D eigenvalue weighted by Gasteiger charge is 2.17. The van der Waals surface area contributed by atoms with Gasteiger partial charge in [0.2, 0.25) is 5.95 Å². The largest absolute Gasteiger partial charge is 0.339 e. The van der Waals surface area contributed by atoms with Gasteiger partial charge in [0.05, 0.1) is 5.39 Å². The van der Waals surface area contributed by atoms with Gasteiger partial charge in [0.1, 0.15) is 9.98 Å². The van der Waals surface area contributed by atoms with E-state index >= 15 is 0 Å². The molecule has 0 amide bonds. The summed E-state index contributed by atoms with van der Waals surface area (Å²) in [6.45, 7) is 8.14. The lowest BCUT2D eigenvalue weighted by Crippen LogP contribution is -2.29. The van der Waals surface area contributed by atoms with E-state index in [1.165, 1.54) is 10.4 Å². The van der Waals surface area contributed by atoms with Crippen molar-refractivity contribution in [1.29, 1.82) is 0 Å². The third-order valence-electron chi connectivity index (χ3n) is 3.60. The van der Waals surface area contributed by atoms with Crippen LogP contribution >= 0.6 is 22.9 Å². The molecule has 4 nitrogen and oxygen atoms in total. The van der Waals surface area contributed by atoms with E-state index in [0.29, 0.717) is 5.15 Å². The monoisotopic (exact) mass is 296 g/mol. The van der Waals surface area contributed by atoms with Crippen LogP contribution in [0.4, 0.5) is 5.95 Å². The summed E-state index contributed by atoms with van der Waals surface area (Å²) in [5.74, 6) is 0.766. The number of nitrogens with zero attached hydrogens (tertiary/aromatic N) is 3. The Kier molecular flexibility index (Phi) is 3.60. The van der Waals surface area contributed by atoms with Crippen molar-refractivity contribution in [3.63, 3.8) is 0 Å². The minimum Gasteiger partial charge on any atom is -0.339 e. The maximum absolute atomic E-state index is 6.35. The van der Waals surface area contributed by atoms with E-state index < -0.39 is 0 Å². The predicted molar refractivity (Wildman–Crippen MR) is 81.6 cm³/mol. The SMILES string of the molecule is Cc1sc2nc(N3CCCNCC3)nc(Cl)c2c1C. The highest BCUT2D eigenvalue weighted by atomic mass is 35.5. The molecule has 3 heterocycles. The van der Waals surface area contributed by atoms with Crippen LogP contribution in [0.25, 0.3) is 10.2 Å². The van der Waals surface area contributed by atoms with Crippen LogP contribution in [0, 0.1) is 13.8 Å². The summed E-state index contributed by atoms with van der Waals surface area (Å²) >= 11 is 8.05. The molecule has 2 aromatic rings. The van der Waals surface area contributed by atoms with Crippen LogP contribution in [-0.2, 0) is 0 Å². The quantitative estimate of drug-likeness (QED) is 0.822. The molecule has 102 valence electrons. The Labute approximate surface area is 121 Å². The molecular formula is C13H17ClN4S. The third kappa shape index (κ3) is 2.42. The summed E-state index contributed by atoms with van der Waals surface area (Å²) in [6.07, 6.45) is 1.11. The highest BCUT2D eigenvalue weighted by molar-refractivity contribution is 7.18. The average molecular weight is 297 g/mol. The van der Waals surface area contributed by atoms with Crippen LogP contribution in [0.2, 0.25) is 5.15 Å². The maximum atomic E-state index is 6.35. The summed E-state index contributed by atoms with van der Waals surface area (Å²) in [5, 5.41) is 4.98. The first-order chi connectivity index (χ1) is 9.16. The van der Waals surface area contributed by atoms with Crippen LogP contribution < -0.4 is 10.2 Å². The minimum absolute atomic E-state index is 0.582. The zero-order chi connectivity index (χ0) is 13.4. The summed E-state index contributed by atoms with van der Waals surface area (Å²) in [7, 11) is 0. The van der Waals surface area contributed by atoms with Crippen LogP contribution in [0.5, 0.6) is 0 Å². The molecule has 1 N–H and O–H groups in total. The fourth-order valence-electron chi connectivity index (χ4n) is 2.38. The van der Waals surface area contributed by atoms with Crippen molar-refractivity contribution in [2.75, 3.05) is 31.1 Å². The zero-order valence-corrected chi connectivity index (χ0v) is 12.7. The average Bonchev–Trinajstić information content (AvgIpc) is 2.60. The molecule has 0 unspecified atom stereocenters. The van der Waals surface area contributed by atoms with Crippen molar-refractivity contribution in [3.05, 3.63) is 15.6 Å². The Morgan fingerprint density at radius 2 is 2.05 bits per heavy atom.